The van der Waals surface area contributed by atoms with Crippen molar-refractivity contribution in [2.24, 2.45) is 0 Å². The van der Waals surface area contributed by atoms with E-state index in [0.29, 0.717) is 12.1 Å². The quantitative estimate of drug-likeness (QED) is 0.751. The molecule has 0 spiro atoms. The van der Waals surface area contributed by atoms with Crippen molar-refractivity contribution in [2.75, 3.05) is 6.54 Å². The molecule has 0 atom stereocenters. The SMILES string of the molecule is CC(C)(CNC(=O)c1cccc(F)c1)c1c[nH]c2ccccc12. The van der Waals surface area contributed by atoms with Crippen molar-refractivity contribution in [1.82, 2.24) is 10.3 Å². The Morgan fingerprint density at radius 2 is 1.96 bits per heavy atom. The Hall–Kier alpha value is -2.62. The van der Waals surface area contributed by atoms with Crippen molar-refractivity contribution in [1.29, 1.82) is 0 Å². The number of carbonyl (C=O) groups excluding carboxylic acids is 1. The maximum Gasteiger partial charge on any atom is 0.251 e. The molecule has 0 radical (unpaired) electrons. The van der Waals surface area contributed by atoms with Gasteiger partial charge in [-0.15, -0.1) is 0 Å². The number of hydrogen-bond acceptors (Lipinski definition) is 1. The molecule has 0 saturated heterocycles. The third kappa shape index (κ3) is 3.11. The number of amides is 1. The van der Waals surface area contributed by atoms with Gasteiger partial charge in [-0.05, 0) is 29.8 Å². The number of benzene rings is 2. The number of halogens is 1. The Bertz CT molecular complexity index is 851. The number of H-pyrrole nitrogens is 1. The Morgan fingerprint density at radius 3 is 2.74 bits per heavy atom. The van der Waals surface area contributed by atoms with E-state index in [1.54, 1.807) is 6.07 Å². The smallest absolute Gasteiger partial charge is 0.251 e. The largest absolute Gasteiger partial charge is 0.361 e. The lowest BCUT2D eigenvalue weighted by Crippen LogP contribution is -2.36. The molecule has 2 aromatic carbocycles. The van der Waals surface area contributed by atoms with Crippen molar-refractivity contribution in [2.45, 2.75) is 19.3 Å². The lowest BCUT2D eigenvalue weighted by atomic mass is 9.84. The van der Waals surface area contributed by atoms with Crippen LogP contribution in [0.3, 0.4) is 0 Å². The number of carbonyl (C=O) groups is 1. The molecule has 0 unspecified atom stereocenters. The van der Waals surface area contributed by atoms with E-state index in [2.05, 4.69) is 30.2 Å². The summed E-state index contributed by atoms with van der Waals surface area (Å²) in [4.78, 5) is 15.4. The number of fused-ring (bicyclic) bond motifs is 1. The van der Waals surface area contributed by atoms with E-state index in [1.165, 1.54) is 18.2 Å². The Kier molecular flexibility index (Phi) is 3.90. The Morgan fingerprint density at radius 1 is 1.17 bits per heavy atom. The first-order chi connectivity index (χ1) is 11.0. The van der Waals surface area contributed by atoms with Crippen molar-refractivity contribution in [3.63, 3.8) is 0 Å². The highest BCUT2D eigenvalue weighted by atomic mass is 19.1. The minimum atomic E-state index is -0.409. The van der Waals surface area contributed by atoms with Crippen LogP contribution < -0.4 is 5.32 Å². The first-order valence-corrected chi connectivity index (χ1v) is 7.58. The van der Waals surface area contributed by atoms with Crippen LogP contribution in [0.15, 0.2) is 54.7 Å². The molecule has 0 aliphatic rings. The molecule has 2 N–H and O–H groups in total. The van der Waals surface area contributed by atoms with Crippen molar-refractivity contribution < 1.29 is 9.18 Å². The molecular weight excluding hydrogens is 291 g/mol. The van der Waals surface area contributed by atoms with E-state index in [-0.39, 0.29) is 11.3 Å². The van der Waals surface area contributed by atoms with Gasteiger partial charge in [0, 0.05) is 34.6 Å². The molecule has 3 rings (SSSR count). The number of aromatic amines is 1. The first kappa shape index (κ1) is 15.3. The maximum atomic E-state index is 13.2. The molecule has 0 aliphatic heterocycles. The van der Waals surface area contributed by atoms with Crippen LogP contribution in [0.1, 0.15) is 29.8 Å². The fourth-order valence-corrected chi connectivity index (χ4v) is 2.76. The summed E-state index contributed by atoms with van der Waals surface area (Å²) in [7, 11) is 0. The molecule has 1 aromatic heterocycles. The lowest BCUT2D eigenvalue weighted by molar-refractivity contribution is 0.0945. The second-order valence-corrected chi connectivity index (χ2v) is 6.32. The molecule has 4 heteroatoms. The van der Waals surface area contributed by atoms with Crippen LogP contribution in [0, 0.1) is 5.82 Å². The van der Waals surface area contributed by atoms with Crippen LogP contribution in [0.25, 0.3) is 10.9 Å². The number of rotatable bonds is 4. The standard InChI is InChI=1S/C19H19FN2O/c1-19(2,16-11-21-17-9-4-3-8-15(16)17)12-22-18(23)13-6-5-7-14(20)10-13/h3-11,21H,12H2,1-2H3,(H,22,23). The number of aromatic nitrogens is 1. The predicted octanol–water partition coefficient (Wildman–Crippen LogP) is 4.01. The summed E-state index contributed by atoms with van der Waals surface area (Å²) in [6.07, 6.45) is 1.99. The van der Waals surface area contributed by atoms with Gasteiger partial charge >= 0.3 is 0 Å². The summed E-state index contributed by atoms with van der Waals surface area (Å²) >= 11 is 0. The molecule has 0 bridgehead atoms. The second-order valence-electron chi connectivity index (χ2n) is 6.32. The first-order valence-electron chi connectivity index (χ1n) is 7.58. The predicted molar refractivity (Wildman–Crippen MR) is 90.1 cm³/mol. The molecule has 3 aromatic rings. The van der Waals surface area contributed by atoms with Crippen LogP contribution in [0.5, 0.6) is 0 Å². The fraction of sp³-hybridized carbons (Fsp3) is 0.211. The van der Waals surface area contributed by atoms with Crippen LogP contribution in [0.4, 0.5) is 4.39 Å². The monoisotopic (exact) mass is 310 g/mol. The van der Waals surface area contributed by atoms with Gasteiger partial charge < -0.3 is 10.3 Å². The van der Waals surface area contributed by atoms with E-state index < -0.39 is 5.82 Å². The van der Waals surface area contributed by atoms with Crippen molar-refractivity contribution in [3.8, 4) is 0 Å². The highest BCUT2D eigenvalue weighted by molar-refractivity contribution is 5.94. The van der Waals surface area contributed by atoms with Gasteiger partial charge in [0.05, 0.1) is 0 Å². The highest BCUT2D eigenvalue weighted by Crippen LogP contribution is 2.29. The minimum absolute atomic E-state index is 0.247. The van der Waals surface area contributed by atoms with E-state index >= 15 is 0 Å². The van der Waals surface area contributed by atoms with Gasteiger partial charge in [-0.1, -0.05) is 38.1 Å². The zero-order chi connectivity index (χ0) is 16.4. The van der Waals surface area contributed by atoms with Crippen LogP contribution in [-0.4, -0.2) is 17.4 Å². The van der Waals surface area contributed by atoms with Gasteiger partial charge in [-0.2, -0.15) is 0 Å². The summed E-state index contributed by atoms with van der Waals surface area (Å²) in [6.45, 7) is 4.62. The molecule has 0 saturated carbocycles. The van der Waals surface area contributed by atoms with Gasteiger partial charge in [0.15, 0.2) is 0 Å². The average molecular weight is 310 g/mol. The number of nitrogens with one attached hydrogen (secondary N) is 2. The molecule has 3 nitrogen and oxygen atoms in total. The topological polar surface area (TPSA) is 44.9 Å². The van der Waals surface area contributed by atoms with Gasteiger partial charge in [0.2, 0.25) is 0 Å². The summed E-state index contributed by atoms with van der Waals surface area (Å²) < 4.78 is 13.2. The van der Waals surface area contributed by atoms with E-state index in [0.717, 1.165) is 16.5 Å². The zero-order valence-electron chi connectivity index (χ0n) is 13.2. The van der Waals surface area contributed by atoms with E-state index in [4.69, 9.17) is 0 Å². The number of para-hydroxylation sites is 1. The summed E-state index contributed by atoms with van der Waals surface area (Å²) in [6, 6.07) is 13.8. The van der Waals surface area contributed by atoms with Crippen LogP contribution >= 0.6 is 0 Å². The molecule has 1 amide bonds. The average Bonchev–Trinajstić information content (AvgIpc) is 2.97. The molecule has 23 heavy (non-hydrogen) atoms. The van der Waals surface area contributed by atoms with Gasteiger partial charge in [0.25, 0.3) is 5.91 Å². The van der Waals surface area contributed by atoms with Gasteiger partial charge in [-0.25, -0.2) is 4.39 Å². The molecule has 1 heterocycles. The van der Waals surface area contributed by atoms with E-state index in [9.17, 15) is 9.18 Å². The molecule has 118 valence electrons. The van der Waals surface area contributed by atoms with Crippen molar-refractivity contribution in [3.05, 3.63) is 71.7 Å². The molecular formula is C19H19FN2O. The second kappa shape index (κ2) is 5.88. The van der Waals surface area contributed by atoms with Crippen LogP contribution in [0.2, 0.25) is 0 Å². The fourth-order valence-electron chi connectivity index (χ4n) is 2.76. The van der Waals surface area contributed by atoms with Gasteiger partial charge in [0.1, 0.15) is 5.82 Å². The molecule has 0 fully saturated rings. The van der Waals surface area contributed by atoms with E-state index in [1.807, 2.05) is 24.4 Å². The third-order valence-electron chi connectivity index (χ3n) is 4.10. The normalized spacial score (nSPS) is 11.6. The maximum absolute atomic E-state index is 13.2. The van der Waals surface area contributed by atoms with Crippen LogP contribution in [-0.2, 0) is 5.41 Å². The number of hydrogen-bond donors (Lipinski definition) is 2. The minimum Gasteiger partial charge on any atom is -0.361 e. The Balaban J connectivity index is 1.77. The molecule has 0 aliphatic carbocycles. The lowest BCUT2D eigenvalue weighted by Gasteiger charge is -2.25. The zero-order valence-corrected chi connectivity index (χ0v) is 13.2. The summed E-state index contributed by atoms with van der Waals surface area (Å²) in [5.74, 6) is -0.675. The van der Waals surface area contributed by atoms with Gasteiger partial charge in [-0.3, -0.25) is 4.79 Å². The summed E-state index contributed by atoms with van der Waals surface area (Å²) in [5, 5.41) is 4.05. The summed E-state index contributed by atoms with van der Waals surface area (Å²) in [5.41, 5.74) is 2.31. The Labute approximate surface area is 134 Å². The van der Waals surface area contributed by atoms with Crippen molar-refractivity contribution >= 4 is 16.8 Å². The highest BCUT2D eigenvalue weighted by Gasteiger charge is 2.24. The third-order valence-corrected chi connectivity index (χ3v) is 4.10.